The Balaban J connectivity index is 1.47. The number of likely N-dealkylation sites (tertiary alicyclic amines) is 2. The van der Waals surface area contributed by atoms with Gasteiger partial charge >= 0.3 is 6.18 Å². The Labute approximate surface area is 165 Å². The van der Waals surface area contributed by atoms with Crippen molar-refractivity contribution in [1.29, 1.82) is 0 Å². The fourth-order valence-electron chi connectivity index (χ4n) is 4.58. The molecular weight excluding hydrogens is 365 g/mol. The van der Waals surface area contributed by atoms with Crippen molar-refractivity contribution >= 4 is 5.96 Å². The van der Waals surface area contributed by atoms with Crippen LogP contribution in [0.4, 0.5) is 13.2 Å². The minimum atomic E-state index is -4.11. The molecule has 1 aromatic carbocycles. The standard InChI is InChI=1S/C21H31F3N4/c1-16-13-28(11-9-19(16)18-6-4-3-5-7-18)20(25-2)26-12-17-8-10-27(14-17)15-21(22,23)24/h3-7,16-17,19H,8-15H2,1-2H3,(H,25,26). The normalized spacial score (nSPS) is 27.2. The highest BCUT2D eigenvalue weighted by molar-refractivity contribution is 5.80. The zero-order chi connectivity index (χ0) is 20.1. The van der Waals surface area contributed by atoms with Crippen molar-refractivity contribution in [3.05, 3.63) is 35.9 Å². The highest BCUT2D eigenvalue weighted by Crippen LogP contribution is 2.32. The third kappa shape index (κ3) is 5.63. The molecule has 3 atom stereocenters. The summed E-state index contributed by atoms with van der Waals surface area (Å²) in [4.78, 5) is 8.21. The van der Waals surface area contributed by atoms with E-state index >= 15 is 0 Å². The van der Waals surface area contributed by atoms with Crippen molar-refractivity contribution in [1.82, 2.24) is 15.1 Å². The molecule has 7 heteroatoms. The van der Waals surface area contributed by atoms with Gasteiger partial charge in [-0.2, -0.15) is 13.2 Å². The van der Waals surface area contributed by atoms with Gasteiger partial charge in [-0.05, 0) is 42.7 Å². The number of piperidine rings is 1. The maximum atomic E-state index is 12.6. The first-order chi connectivity index (χ1) is 13.4. The number of benzene rings is 1. The molecule has 4 nitrogen and oxygen atoms in total. The molecule has 2 saturated heterocycles. The molecule has 1 N–H and O–H groups in total. The molecule has 2 fully saturated rings. The average molecular weight is 397 g/mol. The summed E-state index contributed by atoms with van der Waals surface area (Å²) in [7, 11) is 1.78. The number of nitrogens with zero attached hydrogens (tertiary/aromatic N) is 3. The number of guanidine groups is 1. The van der Waals surface area contributed by atoms with Gasteiger partial charge in [0.05, 0.1) is 6.54 Å². The summed E-state index contributed by atoms with van der Waals surface area (Å²) >= 11 is 0. The largest absolute Gasteiger partial charge is 0.401 e. The second kappa shape index (κ2) is 9.16. The van der Waals surface area contributed by atoms with E-state index in [1.165, 1.54) is 10.5 Å². The lowest BCUT2D eigenvalue weighted by atomic mass is 9.82. The van der Waals surface area contributed by atoms with Gasteiger partial charge in [-0.25, -0.2) is 0 Å². The first kappa shape index (κ1) is 21.0. The van der Waals surface area contributed by atoms with E-state index in [0.717, 1.165) is 31.9 Å². The second-order valence-electron chi connectivity index (χ2n) is 8.16. The van der Waals surface area contributed by atoms with Gasteiger partial charge in [-0.15, -0.1) is 0 Å². The number of alkyl halides is 3. The summed E-state index contributed by atoms with van der Waals surface area (Å²) in [5, 5.41) is 3.41. The van der Waals surface area contributed by atoms with Gasteiger partial charge in [0.15, 0.2) is 5.96 Å². The maximum absolute atomic E-state index is 12.6. The van der Waals surface area contributed by atoms with Crippen molar-refractivity contribution < 1.29 is 13.2 Å². The third-order valence-corrected chi connectivity index (χ3v) is 5.97. The van der Waals surface area contributed by atoms with Crippen molar-refractivity contribution in [3.8, 4) is 0 Å². The molecule has 1 aromatic rings. The molecule has 2 aliphatic heterocycles. The van der Waals surface area contributed by atoms with E-state index < -0.39 is 12.7 Å². The molecule has 28 heavy (non-hydrogen) atoms. The molecule has 3 unspecified atom stereocenters. The molecular formula is C21H31F3N4. The van der Waals surface area contributed by atoms with Crippen LogP contribution in [0.25, 0.3) is 0 Å². The Morgan fingerprint density at radius 2 is 1.89 bits per heavy atom. The van der Waals surface area contributed by atoms with Crippen LogP contribution in [0.1, 0.15) is 31.2 Å². The molecule has 0 saturated carbocycles. The van der Waals surface area contributed by atoms with Crippen molar-refractivity contribution in [2.45, 2.75) is 31.9 Å². The summed E-state index contributed by atoms with van der Waals surface area (Å²) in [6.45, 7) is 5.04. The van der Waals surface area contributed by atoms with E-state index in [-0.39, 0.29) is 5.92 Å². The summed E-state index contributed by atoms with van der Waals surface area (Å²) in [6, 6.07) is 10.7. The molecule has 3 rings (SSSR count). The monoisotopic (exact) mass is 396 g/mol. The molecule has 0 spiro atoms. The first-order valence-electron chi connectivity index (χ1n) is 10.2. The Kier molecular flexibility index (Phi) is 6.86. The van der Waals surface area contributed by atoms with Crippen LogP contribution in [-0.4, -0.2) is 68.3 Å². The molecule has 0 bridgehead atoms. The van der Waals surface area contributed by atoms with Crippen LogP contribution < -0.4 is 5.32 Å². The third-order valence-electron chi connectivity index (χ3n) is 5.97. The van der Waals surface area contributed by atoms with Crippen LogP contribution in [0.3, 0.4) is 0 Å². The van der Waals surface area contributed by atoms with Gasteiger partial charge in [0.2, 0.25) is 0 Å². The minimum Gasteiger partial charge on any atom is -0.356 e. The summed E-state index contributed by atoms with van der Waals surface area (Å²) in [6.07, 6.45) is -2.24. The predicted octanol–water partition coefficient (Wildman–Crippen LogP) is 3.57. The van der Waals surface area contributed by atoms with Crippen LogP contribution >= 0.6 is 0 Å². The van der Waals surface area contributed by atoms with Gasteiger partial charge in [-0.3, -0.25) is 9.89 Å². The predicted molar refractivity (Wildman–Crippen MR) is 107 cm³/mol. The number of nitrogens with one attached hydrogen (secondary N) is 1. The molecule has 0 aromatic heterocycles. The van der Waals surface area contributed by atoms with Crippen LogP contribution in [0.5, 0.6) is 0 Å². The Morgan fingerprint density at radius 3 is 2.54 bits per heavy atom. The quantitative estimate of drug-likeness (QED) is 0.624. The maximum Gasteiger partial charge on any atom is 0.401 e. The van der Waals surface area contributed by atoms with E-state index in [1.54, 1.807) is 7.05 Å². The molecule has 0 aliphatic carbocycles. The fourth-order valence-corrected chi connectivity index (χ4v) is 4.58. The van der Waals surface area contributed by atoms with Crippen LogP contribution in [0.2, 0.25) is 0 Å². The van der Waals surface area contributed by atoms with Gasteiger partial charge in [0.1, 0.15) is 0 Å². The SMILES string of the molecule is CN=C(NCC1CCN(CC(F)(F)F)C1)N1CCC(c2ccccc2)C(C)C1. The average Bonchev–Trinajstić information content (AvgIpc) is 3.08. The molecule has 0 radical (unpaired) electrons. The number of aliphatic imine (C=N–C) groups is 1. The lowest BCUT2D eigenvalue weighted by Gasteiger charge is -2.39. The van der Waals surface area contributed by atoms with Gasteiger partial charge in [0.25, 0.3) is 0 Å². The van der Waals surface area contributed by atoms with E-state index in [9.17, 15) is 13.2 Å². The van der Waals surface area contributed by atoms with Gasteiger partial charge < -0.3 is 10.2 Å². The Hall–Kier alpha value is -1.76. The summed E-state index contributed by atoms with van der Waals surface area (Å²) in [5.41, 5.74) is 1.40. The highest BCUT2D eigenvalue weighted by Gasteiger charge is 2.34. The summed E-state index contributed by atoms with van der Waals surface area (Å²) < 4.78 is 37.7. The molecule has 156 valence electrons. The van der Waals surface area contributed by atoms with Crippen molar-refractivity contribution in [3.63, 3.8) is 0 Å². The zero-order valence-corrected chi connectivity index (χ0v) is 16.8. The zero-order valence-electron chi connectivity index (χ0n) is 16.8. The Morgan fingerprint density at radius 1 is 1.14 bits per heavy atom. The number of hydrogen-bond donors (Lipinski definition) is 1. The lowest BCUT2D eigenvalue weighted by molar-refractivity contribution is -0.143. The van der Waals surface area contributed by atoms with Crippen LogP contribution in [-0.2, 0) is 0 Å². The molecule has 0 amide bonds. The van der Waals surface area contributed by atoms with Crippen molar-refractivity contribution in [2.24, 2.45) is 16.8 Å². The smallest absolute Gasteiger partial charge is 0.356 e. The van der Waals surface area contributed by atoms with E-state index in [2.05, 4.69) is 46.4 Å². The van der Waals surface area contributed by atoms with Gasteiger partial charge in [-0.1, -0.05) is 37.3 Å². The van der Waals surface area contributed by atoms with Crippen molar-refractivity contribution in [2.75, 3.05) is 46.3 Å². The molecule has 2 aliphatic rings. The Bertz CT molecular complexity index is 647. The van der Waals surface area contributed by atoms with E-state index in [1.807, 2.05) is 6.07 Å². The minimum absolute atomic E-state index is 0.235. The fraction of sp³-hybridized carbons (Fsp3) is 0.667. The highest BCUT2D eigenvalue weighted by atomic mass is 19.4. The van der Waals surface area contributed by atoms with E-state index in [4.69, 9.17) is 0 Å². The molecule has 2 heterocycles. The topological polar surface area (TPSA) is 30.9 Å². The van der Waals surface area contributed by atoms with Crippen LogP contribution in [0.15, 0.2) is 35.3 Å². The number of halogens is 3. The lowest BCUT2D eigenvalue weighted by Crippen LogP contribution is -2.49. The van der Waals surface area contributed by atoms with Gasteiger partial charge in [0, 0.05) is 33.2 Å². The first-order valence-corrected chi connectivity index (χ1v) is 10.2. The van der Waals surface area contributed by atoms with Crippen LogP contribution in [0, 0.1) is 11.8 Å². The number of hydrogen-bond acceptors (Lipinski definition) is 2. The van der Waals surface area contributed by atoms with E-state index in [0.29, 0.717) is 31.5 Å². The second-order valence-corrected chi connectivity index (χ2v) is 8.16. The summed E-state index contributed by atoms with van der Waals surface area (Å²) in [5.74, 6) is 2.18. The number of rotatable bonds is 4.